The molecule has 1 radical (unpaired) electrons. The molecule has 0 aromatic heterocycles. The van der Waals surface area contributed by atoms with Gasteiger partial charge in [-0.25, -0.2) is 0 Å². The van der Waals surface area contributed by atoms with Gasteiger partial charge in [-0.2, -0.15) is 0 Å². The SMILES string of the molecule is C[B]c1cccc2c1-c1cc(Cl)ccc1C2. The molecule has 0 atom stereocenters. The Balaban J connectivity index is 2.29. The summed E-state index contributed by atoms with van der Waals surface area (Å²) in [6.45, 7) is 2.08. The van der Waals surface area contributed by atoms with Crippen LogP contribution in [0.1, 0.15) is 11.1 Å². The molecule has 0 fully saturated rings. The molecule has 3 rings (SSSR count). The molecule has 0 bridgehead atoms. The van der Waals surface area contributed by atoms with E-state index in [1.54, 1.807) is 0 Å². The fourth-order valence-electron chi connectivity index (χ4n) is 2.48. The van der Waals surface area contributed by atoms with Crippen molar-refractivity contribution in [3.05, 3.63) is 52.5 Å². The van der Waals surface area contributed by atoms with E-state index in [4.69, 9.17) is 11.6 Å². The summed E-state index contributed by atoms with van der Waals surface area (Å²) in [6, 6.07) is 12.7. The third-order valence-corrected chi connectivity index (χ3v) is 3.45. The third-order valence-electron chi connectivity index (χ3n) is 3.22. The lowest BCUT2D eigenvalue weighted by Gasteiger charge is -2.07. The number of hydrogen-bond donors (Lipinski definition) is 0. The molecule has 0 amide bonds. The molecule has 0 saturated heterocycles. The van der Waals surface area contributed by atoms with Gasteiger partial charge in [0.2, 0.25) is 0 Å². The van der Waals surface area contributed by atoms with Gasteiger partial charge in [-0.1, -0.05) is 48.2 Å². The van der Waals surface area contributed by atoms with Crippen LogP contribution >= 0.6 is 11.6 Å². The molecule has 2 heteroatoms. The van der Waals surface area contributed by atoms with Crippen LogP contribution in [0.2, 0.25) is 11.8 Å². The summed E-state index contributed by atoms with van der Waals surface area (Å²) in [6.07, 6.45) is 1.03. The van der Waals surface area contributed by atoms with E-state index in [1.807, 2.05) is 6.07 Å². The van der Waals surface area contributed by atoms with Gasteiger partial charge in [-0.05, 0) is 40.8 Å². The lowest BCUT2D eigenvalue weighted by molar-refractivity contribution is 1.26. The molecule has 0 saturated carbocycles. The standard InChI is InChI=1S/C14H11BCl/c1-15-13-4-2-3-10-7-9-5-6-11(16)8-12(9)14(10)13/h2-6,8H,7H2,1H3. The predicted molar refractivity (Wildman–Crippen MR) is 70.9 cm³/mol. The van der Waals surface area contributed by atoms with Crippen LogP contribution in [-0.4, -0.2) is 7.28 Å². The van der Waals surface area contributed by atoms with Gasteiger partial charge in [-0.15, -0.1) is 0 Å². The third kappa shape index (κ3) is 1.39. The molecular formula is C14H11BCl. The predicted octanol–water partition coefficient (Wildman–Crippen LogP) is 3.29. The molecule has 0 unspecified atom stereocenters. The van der Waals surface area contributed by atoms with Crippen LogP contribution in [0.15, 0.2) is 36.4 Å². The molecule has 0 N–H and O–H groups in total. The van der Waals surface area contributed by atoms with E-state index in [9.17, 15) is 0 Å². The van der Waals surface area contributed by atoms with Crippen molar-refractivity contribution in [2.45, 2.75) is 13.2 Å². The maximum Gasteiger partial charge on any atom is 0.149 e. The lowest BCUT2D eigenvalue weighted by Crippen LogP contribution is -2.13. The highest BCUT2D eigenvalue weighted by atomic mass is 35.5. The van der Waals surface area contributed by atoms with E-state index >= 15 is 0 Å². The van der Waals surface area contributed by atoms with Gasteiger partial charge in [0, 0.05) is 5.02 Å². The summed E-state index contributed by atoms with van der Waals surface area (Å²) in [7, 11) is 2.16. The Morgan fingerprint density at radius 3 is 2.81 bits per heavy atom. The van der Waals surface area contributed by atoms with Crippen LogP contribution in [0.5, 0.6) is 0 Å². The van der Waals surface area contributed by atoms with Crippen LogP contribution in [0.25, 0.3) is 11.1 Å². The molecule has 0 heterocycles. The minimum atomic E-state index is 0.817. The minimum absolute atomic E-state index is 0.817. The highest BCUT2D eigenvalue weighted by Crippen LogP contribution is 2.36. The highest BCUT2D eigenvalue weighted by Gasteiger charge is 2.20. The number of hydrogen-bond acceptors (Lipinski definition) is 0. The number of benzene rings is 2. The van der Waals surface area contributed by atoms with Gasteiger partial charge in [-0.3, -0.25) is 0 Å². The second-order valence-corrected chi connectivity index (χ2v) is 4.58. The molecule has 1 aliphatic carbocycles. The molecule has 2 aromatic carbocycles. The first-order chi connectivity index (χ1) is 7.79. The summed E-state index contributed by atoms with van der Waals surface area (Å²) in [5, 5.41) is 0.817. The Morgan fingerprint density at radius 2 is 2.00 bits per heavy atom. The van der Waals surface area contributed by atoms with Crippen molar-refractivity contribution in [2.24, 2.45) is 0 Å². The first-order valence-corrected chi connectivity index (χ1v) is 5.87. The van der Waals surface area contributed by atoms with Crippen LogP contribution in [0.3, 0.4) is 0 Å². The fraction of sp³-hybridized carbons (Fsp3) is 0.143. The van der Waals surface area contributed by atoms with E-state index in [-0.39, 0.29) is 0 Å². The van der Waals surface area contributed by atoms with E-state index < -0.39 is 0 Å². The summed E-state index contributed by atoms with van der Waals surface area (Å²) in [4.78, 5) is 0. The monoisotopic (exact) mass is 225 g/mol. The van der Waals surface area contributed by atoms with Gasteiger partial charge >= 0.3 is 0 Å². The summed E-state index contributed by atoms with van der Waals surface area (Å²) in [5.41, 5.74) is 6.76. The van der Waals surface area contributed by atoms with Crippen molar-refractivity contribution < 1.29 is 0 Å². The Bertz CT molecular complexity index is 561. The Labute approximate surface area is 102 Å². The Kier molecular flexibility index (Phi) is 2.29. The molecule has 16 heavy (non-hydrogen) atoms. The molecular weight excluding hydrogens is 214 g/mol. The summed E-state index contributed by atoms with van der Waals surface area (Å²) < 4.78 is 0. The zero-order valence-electron chi connectivity index (χ0n) is 9.13. The van der Waals surface area contributed by atoms with Gasteiger partial charge in [0.1, 0.15) is 7.28 Å². The van der Waals surface area contributed by atoms with Crippen LogP contribution in [-0.2, 0) is 6.42 Å². The van der Waals surface area contributed by atoms with E-state index in [0.29, 0.717) is 0 Å². The average molecular weight is 226 g/mol. The summed E-state index contributed by atoms with van der Waals surface area (Å²) >= 11 is 6.08. The van der Waals surface area contributed by atoms with Gasteiger partial charge in [0.15, 0.2) is 0 Å². The Hall–Kier alpha value is -1.21. The van der Waals surface area contributed by atoms with Crippen molar-refractivity contribution in [3.63, 3.8) is 0 Å². The smallest absolute Gasteiger partial charge is 0.0872 e. The normalized spacial score (nSPS) is 12.1. The molecule has 0 nitrogen and oxygen atoms in total. The van der Waals surface area contributed by atoms with Crippen molar-refractivity contribution >= 4 is 24.3 Å². The van der Waals surface area contributed by atoms with E-state index in [0.717, 1.165) is 11.4 Å². The van der Waals surface area contributed by atoms with Crippen molar-refractivity contribution in [3.8, 4) is 11.1 Å². The van der Waals surface area contributed by atoms with Crippen LogP contribution in [0, 0.1) is 0 Å². The summed E-state index contributed by atoms with van der Waals surface area (Å²) in [5.74, 6) is 0. The van der Waals surface area contributed by atoms with Gasteiger partial charge < -0.3 is 0 Å². The van der Waals surface area contributed by atoms with Crippen molar-refractivity contribution in [2.75, 3.05) is 0 Å². The van der Waals surface area contributed by atoms with Crippen molar-refractivity contribution in [1.29, 1.82) is 0 Å². The second kappa shape index (κ2) is 3.67. The number of halogens is 1. The largest absolute Gasteiger partial charge is 0.149 e. The molecule has 0 aliphatic heterocycles. The second-order valence-electron chi connectivity index (χ2n) is 4.15. The maximum atomic E-state index is 6.08. The van der Waals surface area contributed by atoms with Crippen LogP contribution in [0.4, 0.5) is 0 Å². The zero-order chi connectivity index (χ0) is 11.1. The lowest BCUT2D eigenvalue weighted by atomic mass is 9.69. The quantitative estimate of drug-likeness (QED) is 0.558. The first-order valence-electron chi connectivity index (χ1n) is 5.49. The zero-order valence-corrected chi connectivity index (χ0v) is 9.88. The number of rotatable bonds is 1. The maximum absolute atomic E-state index is 6.08. The van der Waals surface area contributed by atoms with Crippen molar-refractivity contribution in [1.82, 2.24) is 0 Å². The Morgan fingerprint density at radius 1 is 1.12 bits per heavy atom. The van der Waals surface area contributed by atoms with Gasteiger partial charge in [0.05, 0.1) is 0 Å². The van der Waals surface area contributed by atoms with Crippen LogP contribution < -0.4 is 5.46 Å². The topological polar surface area (TPSA) is 0 Å². The van der Waals surface area contributed by atoms with Gasteiger partial charge in [0.25, 0.3) is 0 Å². The highest BCUT2D eigenvalue weighted by molar-refractivity contribution is 6.54. The number of fused-ring (bicyclic) bond motifs is 3. The molecule has 2 aromatic rings. The fourth-order valence-corrected chi connectivity index (χ4v) is 2.65. The molecule has 1 aliphatic rings. The van der Waals surface area contributed by atoms with E-state index in [1.165, 1.54) is 27.7 Å². The molecule has 0 spiro atoms. The van der Waals surface area contributed by atoms with E-state index in [2.05, 4.69) is 44.4 Å². The minimum Gasteiger partial charge on any atom is -0.0872 e. The first kappa shape index (κ1) is 9.98. The molecule has 77 valence electrons. The average Bonchev–Trinajstić information content (AvgIpc) is 2.66.